The smallest absolute Gasteiger partial charge is 0.226 e. The summed E-state index contributed by atoms with van der Waals surface area (Å²) >= 11 is 0. The Labute approximate surface area is 114 Å². The first kappa shape index (κ1) is 13.8. The third kappa shape index (κ3) is 3.24. The molecule has 0 saturated heterocycles. The van der Waals surface area contributed by atoms with Gasteiger partial charge in [-0.25, -0.2) is 0 Å². The Morgan fingerprint density at radius 3 is 2.84 bits per heavy atom. The van der Waals surface area contributed by atoms with Crippen LogP contribution in [0.2, 0.25) is 0 Å². The maximum atomic E-state index is 12.5. The molecule has 0 heterocycles. The molecule has 1 aromatic rings. The van der Waals surface area contributed by atoms with Gasteiger partial charge in [-0.05, 0) is 30.4 Å². The Morgan fingerprint density at radius 1 is 1.42 bits per heavy atom. The average Bonchev–Trinajstić information content (AvgIpc) is 2.46. The minimum atomic E-state index is 0.00286. The molecule has 1 aliphatic carbocycles. The summed E-state index contributed by atoms with van der Waals surface area (Å²) in [5, 5.41) is 9.04. The lowest BCUT2D eigenvalue weighted by atomic mass is 9.83. The molecule has 1 aromatic carbocycles. The van der Waals surface area contributed by atoms with Gasteiger partial charge in [-0.1, -0.05) is 30.3 Å². The Balaban J connectivity index is 2.06. The number of hydrogen-bond acceptors (Lipinski definition) is 2. The van der Waals surface area contributed by atoms with E-state index in [9.17, 15) is 4.79 Å². The Hall–Kier alpha value is -1.61. The second-order valence-corrected chi connectivity index (χ2v) is 5.00. The molecule has 19 heavy (non-hydrogen) atoms. The largest absolute Gasteiger partial charge is 0.395 e. The quantitative estimate of drug-likeness (QED) is 0.819. The molecule has 3 nitrogen and oxygen atoms in total. The van der Waals surface area contributed by atoms with E-state index in [0.29, 0.717) is 13.1 Å². The van der Waals surface area contributed by atoms with E-state index in [1.165, 1.54) is 11.1 Å². The number of carbonyl (C=O) groups excluding carboxylic acids is 1. The van der Waals surface area contributed by atoms with Crippen LogP contribution in [0.15, 0.2) is 36.9 Å². The fourth-order valence-electron chi connectivity index (χ4n) is 2.73. The minimum absolute atomic E-state index is 0.00286. The fraction of sp³-hybridized carbons (Fsp3) is 0.438. The van der Waals surface area contributed by atoms with Crippen LogP contribution in [0.4, 0.5) is 0 Å². The van der Waals surface area contributed by atoms with Gasteiger partial charge in [-0.3, -0.25) is 4.79 Å². The third-order valence-corrected chi connectivity index (χ3v) is 3.73. The van der Waals surface area contributed by atoms with Crippen molar-refractivity contribution in [1.29, 1.82) is 0 Å². The van der Waals surface area contributed by atoms with Crippen LogP contribution in [0, 0.1) is 5.92 Å². The van der Waals surface area contributed by atoms with Crippen molar-refractivity contribution in [2.75, 3.05) is 19.7 Å². The van der Waals surface area contributed by atoms with Crippen molar-refractivity contribution in [3.05, 3.63) is 48.0 Å². The van der Waals surface area contributed by atoms with Gasteiger partial charge in [0.25, 0.3) is 0 Å². The van der Waals surface area contributed by atoms with Crippen molar-refractivity contribution in [2.24, 2.45) is 5.92 Å². The lowest BCUT2D eigenvalue weighted by molar-refractivity contribution is -0.135. The number of rotatable bonds is 5. The second-order valence-electron chi connectivity index (χ2n) is 5.00. The molecule has 0 aliphatic heterocycles. The van der Waals surface area contributed by atoms with Crippen LogP contribution in [0.5, 0.6) is 0 Å². The molecule has 102 valence electrons. The Kier molecular flexibility index (Phi) is 4.74. The van der Waals surface area contributed by atoms with E-state index >= 15 is 0 Å². The summed E-state index contributed by atoms with van der Waals surface area (Å²) in [5.74, 6) is 0.185. The first-order chi connectivity index (χ1) is 9.26. The Morgan fingerprint density at radius 2 is 2.16 bits per heavy atom. The van der Waals surface area contributed by atoms with Crippen molar-refractivity contribution in [3.63, 3.8) is 0 Å². The molecular formula is C16H21NO2. The van der Waals surface area contributed by atoms with E-state index in [2.05, 4.69) is 24.8 Å². The molecule has 0 saturated carbocycles. The summed E-state index contributed by atoms with van der Waals surface area (Å²) < 4.78 is 0. The topological polar surface area (TPSA) is 40.5 Å². The molecule has 0 spiro atoms. The molecule has 1 amide bonds. The normalized spacial score (nSPS) is 17.6. The minimum Gasteiger partial charge on any atom is -0.395 e. The van der Waals surface area contributed by atoms with Gasteiger partial charge in [0.1, 0.15) is 0 Å². The SMILES string of the molecule is C=CCN(CCO)C(=O)C1CCc2ccccc2C1. The van der Waals surface area contributed by atoms with Crippen molar-refractivity contribution < 1.29 is 9.90 Å². The van der Waals surface area contributed by atoms with E-state index in [4.69, 9.17) is 5.11 Å². The summed E-state index contributed by atoms with van der Waals surface area (Å²) in [6.07, 6.45) is 4.39. The van der Waals surface area contributed by atoms with Crippen LogP contribution >= 0.6 is 0 Å². The van der Waals surface area contributed by atoms with Crippen molar-refractivity contribution in [2.45, 2.75) is 19.3 Å². The van der Waals surface area contributed by atoms with Crippen LogP contribution in [-0.4, -0.2) is 35.6 Å². The fourth-order valence-corrected chi connectivity index (χ4v) is 2.73. The highest BCUT2D eigenvalue weighted by Gasteiger charge is 2.27. The van der Waals surface area contributed by atoms with Crippen LogP contribution in [0.1, 0.15) is 17.5 Å². The van der Waals surface area contributed by atoms with Gasteiger partial charge in [-0.15, -0.1) is 6.58 Å². The zero-order valence-electron chi connectivity index (χ0n) is 11.2. The van der Waals surface area contributed by atoms with E-state index in [1.807, 2.05) is 6.07 Å². The summed E-state index contributed by atoms with van der Waals surface area (Å²) in [7, 11) is 0. The van der Waals surface area contributed by atoms with Gasteiger partial charge in [0.05, 0.1) is 6.61 Å². The predicted molar refractivity (Wildman–Crippen MR) is 75.8 cm³/mol. The van der Waals surface area contributed by atoms with Gasteiger partial charge in [0.15, 0.2) is 0 Å². The molecule has 0 bridgehead atoms. The maximum Gasteiger partial charge on any atom is 0.226 e. The van der Waals surface area contributed by atoms with Crippen molar-refractivity contribution in [1.82, 2.24) is 4.90 Å². The van der Waals surface area contributed by atoms with Gasteiger partial charge in [0, 0.05) is 19.0 Å². The molecule has 1 N–H and O–H groups in total. The summed E-state index contributed by atoms with van der Waals surface area (Å²) in [4.78, 5) is 14.2. The maximum absolute atomic E-state index is 12.5. The zero-order chi connectivity index (χ0) is 13.7. The van der Waals surface area contributed by atoms with Crippen molar-refractivity contribution >= 4 is 5.91 Å². The number of aliphatic hydroxyl groups is 1. The van der Waals surface area contributed by atoms with Gasteiger partial charge in [0.2, 0.25) is 5.91 Å². The standard InChI is InChI=1S/C16H21NO2/c1-2-9-17(10-11-18)16(19)15-8-7-13-5-3-4-6-14(13)12-15/h2-6,15,18H,1,7-12H2. The highest BCUT2D eigenvalue weighted by Crippen LogP contribution is 2.26. The number of aliphatic hydroxyl groups excluding tert-OH is 1. The van der Waals surface area contributed by atoms with E-state index in [-0.39, 0.29) is 18.4 Å². The number of hydrogen-bond donors (Lipinski definition) is 1. The van der Waals surface area contributed by atoms with Crippen LogP contribution in [0.3, 0.4) is 0 Å². The molecule has 0 fully saturated rings. The number of aryl methyl sites for hydroxylation is 1. The molecule has 1 aliphatic rings. The van der Waals surface area contributed by atoms with E-state index in [0.717, 1.165) is 19.3 Å². The molecule has 0 aromatic heterocycles. The summed E-state index contributed by atoms with van der Waals surface area (Å²) in [5.41, 5.74) is 2.65. The summed E-state index contributed by atoms with van der Waals surface area (Å²) in [6.45, 7) is 4.58. The molecule has 1 unspecified atom stereocenters. The van der Waals surface area contributed by atoms with E-state index in [1.54, 1.807) is 11.0 Å². The van der Waals surface area contributed by atoms with Gasteiger partial charge in [-0.2, -0.15) is 0 Å². The highest BCUT2D eigenvalue weighted by atomic mass is 16.3. The predicted octanol–water partition coefficient (Wildman–Crippen LogP) is 1.80. The Bertz CT molecular complexity index is 456. The number of carbonyl (C=O) groups is 1. The van der Waals surface area contributed by atoms with Gasteiger partial charge >= 0.3 is 0 Å². The second kappa shape index (κ2) is 6.53. The van der Waals surface area contributed by atoms with Crippen LogP contribution in [-0.2, 0) is 17.6 Å². The third-order valence-electron chi connectivity index (χ3n) is 3.73. The lowest BCUT2D eigenvalue weighted by Crippen LogP contribution is -2.40. The monoisotopic (exact) mass is 259 g/mol. The number of nitrogens with zero attached hydrogens (tertiary/aromatic N) is 1. The van der Waals surface area contributed by atoms with E-state index < -0.39 is 0 Å². The number of benzene rings is 1. The summed E-state index contributed by atoms with van der Waals surface area (Å²) in [6, 6.07) is 8.33. The average molecular weight is 259 g/mol. The zero-order valence-corrected chi connectivity index (χ0v) is 11.2. The van der Waals surface area contributed by atoms with Crippen LogP contribution in [0.25, 0.3) is 0 Å². The van der Waals surface area contributed by atoms with Crippen molar-refractivity contribution in [3.8, 4) is 0 Å². The molecule has 1 atom stereocenters. The first-order valence-electron chi connectivity index (χ1n) is 6.83. The molecular weight excluding hydrogens is 238 g/mol. The highest BCUT2D eigenvalue weighted by molar-refractivity contribution is 5.79. The number of fused-ring (bicyclic) bond motifs is 1. The molecule has 2 rings (SSSR count). The number of amides is 1. The first-order valence-corrected chi connectivity index (χ1v) is 6.83. The van der Waals surface area contributed by atoms with Crippen LogP contribution < -0.4 is 0 Å². The molecule has 3 heteroatoms. The molecule has 0 radical (unpaired) electrons. The lowest BCUT2D eigenvalue weighted by Gasteiger charge is -2.29. The van der Waals surface area contributed by atoms with Gasteiger partial charge < -0.3 is 10.0 Å².